The number of benzene rings is 2. The second-order valence-corrected chi connectivity index (χ2v) is 9.79. The first-order chi connectivity index (χ1) is 17.5. The van der Waals surface area contributed by atoms with Gasteiger partial charge in [0.2, 0.25) is 24.5 Å². The lowest BCUT2D eigenvalue weighted by Gasteiger charge is -2.38. The highest BCUT2D eigenvalue weighted by Gasteiger charge is 2.54. The van der Waals surface area contributed by atoms with Gasteiger partial charge in [-0.2, -0.15) is 0 Å². The van der Waals surface area contributed by atoms with Crippen molar-refractivity contribution in [3.63, 3.8) is 0 Å². The van der Waals surface area contributed by atoms with Gasteiger partial charge in [0.1, 0.15) is 0 Å². The predicted octanol–water partition coefficient (Wildman–Crippen LogP) is 3.42. The molecule has 2 aromatic carbocycles. The van der Waals surface area contributed by atoms with E-state index < -0.39 is 5.41 Å². The molecule has 0 unspecified atom stereocenters. The Bertz CT molecular complexity index is 1140. The van der Waals surface area contributed by atoms with Crippen molar-refractivity contribution in [2.45, 2.75) is 56.5 Å². The lowest BCUT2D eigenvalue weighted by molar-refractivity contribution is -0.144. The number of nitrogens with zero attached hydrogens (tertiary/aromatic N) is 2. The third kappa shape index (κ3) is 4.57. The molecular weight excluding hydrogens is 460 g/mol. The molecule has 5 rings (SSSR count). The molecule has 8 nitrogen and oxygen atoms in total. The van der Waals surface area contributed by atoms with Gasteiger partial charge in [0.15, 0.2) is 11.5 Å². The molecule has 0 spiro atoms. The molecule has 3 heterocycles. The van der Waals surface area contributed by atoms with Crippen LogP contribution in [0.3, 0.4) is 0 Å². The Labute approximate surface area is 211 Å². The van der Waals surface area contributed by atoms with Crippen molar-refractivity contribution in [3.8, 4) is 11.5 Å². The largest absolute Gasteiger partial charge is 0.454 e. The van der Waals surface area contributed by atoms with Crippen LogP contribution in [0.25, 0.3) is 0 Å². The van der Waals surface area contributed by atoms with E-state index in [1.54, 1.807) is 19.2 Å². The summed E-state index contributed by atoms with van der Waals surface area (Å²) in [6.45, 7) is 1.53. The number of carbonyl (C=O) groups excluding carboxylic acids is 3. The number of likely N-dealkylation sites (tertiary alicyclic amines) is 2. The maximum absolute atomic E-state index is 14.0. The van der Waals surface area contributed by atoms with Gasteiger partial charge >= 0.3 is 0 Å². The van der Waals surface area contributed by atoms with Crippen LogP contribution in [0.4, 0.5) is 0 Å². The number of amides is 3. The Morgan fingerprint density at radius 1 is 1.08 bits per heavy atom. The van der Waals surface area contributed by atoms with E-state index >= 15 is 0 Å². The molecule has 0 bridgehead atoms. The molecule has 0 aliphatic carbocycles. The van der Waals surface area contributed by atoms with Gasteiger partial charge in [0.25, 0.3) is 0 Å². The number of piperidine rings is 1. The maximum atomic E-state index is 14.0. The number of carbonyl (C=O) groups is 3. The van der Waals surface area contributed by atoms with Crippen LogP contribution in [-0.2, 0) is 31.1 Å². The molecular formula is C28H32N2O6. The molecule has 8 heteroatoms. The molecule has 36 heavy (non-hydrogen) atoms. The van der Waals surface area contributed by atoms with Gasteiger partial charge in [-0.15, -0.1) is 0 Å². The summed E-state index contributed by atoms with van der Waals surface area (Å²) in [6.07, 6.45) is 3.66. The Morgan fingerprint density at radius 3 is 2.69 bits per heavy atom. The number of hydrogen-bond donors (Lipinski definition) is 0. The van der Waals surface area contributed by atoms with Crippen LogP contribution in [0.5, 0.6) is 11.5 Å². The standard InChI is InChI=1S/C28H32N2O6/c1-34-14-12-22-9-5-6-13-29(22)25(31)16-28(21-7-3-2-4-8-21)17-26(32)30(27(28)33)18-20-10-11-23-24(15-20)36-19-35-23/h2-4,7-8,10-11,15,22H,5-6,9,12-14,16-19H2,1H3/t22-,28-/m0/s1. The van der Waals surface area contributed by atoms with Crippen molar-refractivity contribution < 1.29 is 28.6 Å². The van der Waals surface area contributed by atoms with Crippen molar-refractivity contribution in [3.05, 3.63) is 59.7 Å². The zero-order valence-corrected chi connectivity index (χ0v) is 20.6. The van der Waals surface area contributed by atoms with Crippen molar-refractivity contribution in [2.24, 2.45) is 0 Å². The highest BCUT2D eigenvalue weighted by molar-refractivity contribution is 6.10. The highest BCUT2D eigenvalue weighted by Crippen LogP contribution is 2.42. The SMILES string of the molecule is COCC[C@@H]1CCCCN1C(=O)C[C@@]1(c2ccccc2)CC(=O)N(Cc2ccc3c(c2)OCO3)C1=O. The summed E-state index contributed by atoms with van der Waals surface area (Å²) in [5.74, 6) is 0.569. The van der Waals surface area contributed by atoms with Gasteiger partial charge in [0.05, 0.1) is 12.0 Å². The lowest BCUT2D eigenvalue weighted by Crippen LogP contribution is -2.48. The topological polar surface area (TPSA) is 85.4 Å². The fourth-order valence-electron chi connectivity index (χ4n) is 5.65. The van der Waals surface area contributed by atoms with Crippen LogP contribution >= 0.6 is 0 Å². The summed E-state index contributed by atoms with van der Waals surface area (Å²) in [5, 5.41) is 0. The Balaban J connectivity index is 1.42. The van der Waals surface area contributed by atoms with Crippen molar-refractivity contribution >= 4 is 17.7 Å². The molecule has 3 amide bonds. The average molecular weight is 493 g/mol. The average Bonchev–Trinajstić information content (AvgIpc) is 3.46. The molecule has 190 valence electrons. The first-order valence-corrected chi connectivity index (χ1v) is 12.6. The molecule has 2 atom stereocenters. The van der Waals surface area contributed by atoms with E-state index in [0.717, 1.165) is 31.2 Å². The van der Waals surface area contributed by atoms with Crippen molar-refractivity contribution in [1.82, 2.24) is 9.80 Å². The van der Waals surface area contributed by atoms with Crippen LogP contribution in [0.1, 0.15) is 49.7 Å². The van der Waals surface area contributed by atoms with Gasteiger partial charge in [-0.05, 0) is 48.9 Å². The van der Waals surface area contributed by atoms with Gasteiger partial charge in [-0.25, -0.2) is 0 Å². The molecule has 0 saturated carbocycles. The Morgan fingerprint density at radius 2 is 1.89 bits per heavy atom. The molecule has 2 aromatic rings. The molecule has 3 aliphatic rings. The van der Waals surface area contributed by atoms with Gasteiger partial charge in [0, 0.05) is 39.1 Å². The monoisotopic (exact) mass is 492 g/mol. The number of methoxy groups -OCH3 is 1. The second kappa shape index (κ2) is 10.3. The van der Waals surface area contributed by atoms with E-state index in [1.807, 2.05) is 41.3 Å². The minimum atomic E-state index is -1.21. The van der Waals surface area contributed by atoms with Gasteiger partial charge < -0.3 is 19.1 Å². The fourth-order valence-corrected chi connectivity index (χ4v) is 5.65. The highest BCUT2D eigenvalue weighted by atomic mass is 16.7. The van der Waals surface area contributed by atoms with Gasteiger partial charge in [-0.3, -0.25) is 19.3 Å². The van der Waals surface area contributed by atoms with Crippen LogP contribution in [-0.4, -0.2) is 60.6 Å². The summed E-state index contributed by atoms with van der Waals surface area (Å²) in [7, 11) is 1.66. The molecule has 0 radical (unpaired) electrons. The predicted molar refractivity (Wildman–Crippen MR) is 131 cm³/mol. The summed E-state index contributed by atoms with van der Waals surface area (Å²) in [5.41, 5.74) is 0.261. The summed E-state index contributed by atoms with van der Waals surface area (Å²) in [4.78, 5) is 44.2. The number of imide groups is 1. The quantitative estimate of drug-likeness (QED) is 0.525. The number of hydrogen-bond acceptors (Lipinski definition) is 6. The van der Waals surface area contributed by atoms with Crippen molar-refractivity contribution in [1.29, 1.82) is 0 Å². The minimum Gasteiger partial charge on any atom is -0.454 e. The maximum Gasteiger partial charge on any atom is 0.241 e. The Hall–Kier alpha value is -3.39. The van der Waals surface area contributed by atoms with Crippen LogP contribution in [0, 0.1) is 0 Å². The molecule has 2 fully saturated rings. The van der Waals surface area contributed by atoms with E-state index in [4.69, 9.17) is 14.2 Å². The normalized spacial score (nSPS) is 23.4. The number of ether oxygens (including phenoxy) is 3. The number of fused-ring (bicyclic) bond motifs is 1. The molecule has 3 aliphatic heterocycles. The Kier molecular flexibility index (Phi) is 6.96. The molecule has 0 N–H and O–H groups in total. The molecule has 2 saturated heterocycles. The first kappa shape index (κ1) is 24.3. The van der Waals surface area contributed by atoms with Gasteiger partial charge in [-0.1, -0.05) is 36.4 Å². The number of rotatable bonds is 8. The molecule has 0 aromatic heterocycles. The first-order valence-electron chi connectivity index (χ1n) is 12.6. The van der Waals surface area contributed by atoms with Crippen LogP contribution in [0.15, 0.2) is 48.5 Å². The van der Waals surface area contributed by atoms with E-state index in [1.165, 1.54) is 4.90 Å². The summed E-state index contributed by atoms with van der Waals surface area (Å²) < 4.78 is 16.1. The zero-order chi connectivity index (χ0) is 25.1. The van der Waals surface area contributed by atoms with Crippen LogP contribution in [0.2, 0.25) is 0 Å². The second-order valence-electron chi connectivity index (χ2n) is 9.79. The van der Waals surface area contributed by atoms with E-state index in [0.29, 0.717) is 30.2 Å². The van der Waals surface area contributed by atoms with E-state index in [-0.39, 0.29) is 49.9 Å². The van der Waals surface area contributed by atoms with Crippen LogP contribution < -0.4 is 9.47 Å². The zero-order valence-electron chi connectivity index (χ0n) is 20.6. The smallest absolute Gasteiger partial charge is 0.241 e. The fraction of sp³-hybridized carbons (Fsp3) is 0.464. The lowest BCUT2D eigenvalue weighted by atomic mass is 9.75. The van der Waals surface area contributed by atoms with E-state index in [9.17, 15) is 14.4 Å². The van der Waals surface area contributed by atoms with E-state index in [2.05, 4.69) is 0 Å². The summed E-state index contributed by atoms with van der Waals surface area (Å²) >= 11 is 0. The third-order valence-corrected chi connectivity index (χ3v) is 7.57. The summed E-state index contributed by atoms with van der Waals surface area (Å²) in [6, 6.07) is 14.8. The van der Waals surface area contributed by atoms with Crippen molar-refractivity contribution in [2.75, 3.05) is 27.1 Å². The minimum absolute atomic E-state index is 0.0251. The third-order valence-electron chi connectivity index (χ3n) is 7.57.